The highest BCUT2D eigenvalue weighted by Gasteiger charge is 2.54. The Bertz CT molecular complexity index is 424. The molecule has 0 aliphatic heterocycles. The minimum absolute atomic E-state index is 0.174. The van der Waals surface area contributed by atoms with Crippen LogP contribution in [0.15, 0.2) is 11.6 Å². The monoisotopic (exact) mass is 290 g/mol. The molecule has 3 aliphatic carbocycles. The van der Waals surface area contributed by atoms with E-state index in [4.69, 9.17) is 0 Å². The van der Waals surface area contributed by atoms with Crippen molar-refractivity contribution in [3.63, 3.8) is 0 Å². The first-order valence-corrected chi connectivity index (χ1v) is 9.22. The molecule has 0 amide bonds. The predicted molar refractivity (Wildman–Crippen MR) is 89.0 cm³/mol. The first-order valence-electron chi connectivity index (χ1n) is 9.22. The molecule has 0 aromatic rings. The first kappa shape index (κ1) is 15.6. The molecule has 0 radical (unpaired) electrons. The quantitative estimate of drug-likeness (QED) is 0.694. The number of aliphatic hydroxyl groups is 1. The van der Waals surface area contributed by atoms with Crippen molar-refractivity contribution in [3.8, 4) is 0 Å². The molecule has 120 valence electrons. The van der Waals surface area contributed by atoms with Crippen molar-refractivity contribution in [2.24, 2.45) is 34.5 Å². The molecule has 1 heteroatoms. The second-order valence-corrected chi connectivity index (χ2v) is 9.04. The summed E-state index contributed by atoms with van der Waals surface area (Å²) in [4.78, 5) is 0. The van der Waals surface area contributed by atoms with E-state index in [-0.39, 0.29) is 5.41 Å². The van der Waals surface area contributed by atoms with Gasteiger partial charge in [-0.05, 0) is 73.0 Å². The molecule has 0 unspecified atom stereocenters. The number of aliphatic hydroxyl groups excluding tert-OH is 1. The van der Waals surface area contributed by atoms with E-state index >= 15 is 0 Å². The van der Waals surface area contributed by atoms with E-state index < -0.39 is 0 Å². The van der Waals surface area contributed by atoms with Gasteiger partial charge in [0.15, 0.2) is 0 Å². The van der Waals surface area contributed by atoms with Crippen molar-refractivity contribution in [2.45, 2.75) is 72.6 Å². The fourth-order valence-corrected chi connectivity index (χ4v) is 6.17. The molecule has 5 atom stereocenters. The van der Waals surface area contributed by atoms with E-state index in [2.05, 4.69) is 33.8 Å². The smallest absolute Gasteiger partial charge is 0.0487 e. The van der Waals surface area contributed by atoms with Crippen LogP contribution in [0.4, 0.5) is 0 Å². The van der Waals surface area contributed by atoms with Crippen LogP contribution in [0.1, 0.15) is 72.6 Å². The second kappa shape index (κ2) is 5.41. The minimum Gasteiger partial charge on any atom is -0.396 e. The van der Waals surface area contributed by atoms with Gasteiger partial charge in [-0.1, -0.05) is 45.8 Å². The van der Waals surface area contributed by atoms with Crippen molar-refractivity contribution in [2.75, 3.05) is 6.61 Å². The highest BCUT2D eigenvalue weighted by atomic mass is 16.3. The lowest BCUT2D eigenvalue weighted by Gasteiger charge is -2.59. The van der Waals surface area contributed by atoms with E-state index in [0.717, 1.165) is 23.7 Å². The van der Waals surface area contributed by atoms with E-state index in [1.807, 2.05) is 0 Å². The third kappa shape index (κ3) is 2.40. The van der Waals surface area contributed by atoms with Crippen molar-refractivity contribution in [1.82, 2.24) is 0 Å². The predicted octanol–water partition coefficient (Wildman–Crippen LogP) is 5.19. The van der Waals surface area contributed by atoms with Gasteiger partial charge in [-0.25, -0.2) is 0 Å². The fourth-order valence-electron chi connectivity index (χ4n) is 6.17. The maximum Gasteiger partial charge on any atom is 0.0487 e. The lowest BCUT2D eigenvalue weighted by atomic mass is 9.45. The van der Waals surface area contributed by atoms with Gasteiger partial charge in [0.05, 0.1) is 0 Å². The summed E-state index contributed by atoms with van der Waals surface area (Å²) < 4.78 is 0. The SMILES string of the molecule is CC(C)[C@H]1C=C2CC[C@@H]3[C@@](C)(CO)CCC[C@@]3(C)[C@@H]2CC1. The van der Waals surface area contributed by atoms with E-state index in [1.54, 1.807) is 5.57 Å². The lowest BCUT2D eigenvalue weighted by molar-refractivity contribution is -0.0888. The maximum atomic E-state index is 10.00. The molecule has 0 spiro atoms. The summed E-state index contributed by atoms with van der Waals surface area (Å²) in [6, 6.07) is 0. The average Bonchev–Trinajstić information content (AvgIpc) is 2.46. The second-order valence-electron chi connectivity index (χ2n) is 9.04. The van der Waals surface area contributed by atoms with Crippen LogP contribution in [0.2, 0.25) is 0 Å². The van der Waals surface area contributed by atoms with Gasteiger partial charge in [-0.2, -0.15) is 0 Å². The number of hydrogen-bond donors (Lipinski definition) is 1. The minimum atomic E-state index is 0.174. The topological polar surface area (TPSA) is 20.2 Å². The molecular weight excluding hydrogens is 256 g/mol. The molecule has 0 aromatic carbocycles. The molecule has 0 bridgehead atoms. The van der Waals surface area contributed by atoms with Gasteiger partial charge in [0.25, 0.3) is 0 Å². The highest BCUT2D eigenvalue weighted by Crippen LogP contribution is 2.63. The van der Waals surface area contributed by atoms with Gasteiger partial charge in [0.1, 0.15) is 0 Å². The average molecular weight is 290 g/mol. The number of fused-ring (bicyclic) bond motifs is 3. The summed E-state index contributed by atoms with van der Waals surface area (Å²) in [7, 11) is 0. The zero-order chi connectivity index (χ0) is 15.3. The Balaban J connectivity index is 1.91. The fraction of sp³-hybridized carbons (Fsp3) is 0.900. The first-order chi connectivity index (χ1) is 9.90. The van der Waals surface area contributed by atoms with E-state index in [0.29, 0.717) is 12.0 Å². The van der Waals surface area contributed by atoms with Crippen LogP contribution in [0, 0.1) is 34.5 Å². The van der Waals surface area contributed by atoms with Gasteiger partial charge in [-0.15, -0.1) is 0 Å². The summed E-state index contributed by atoms with van der Waals surface area (Å²) in [6.45, 7) is 10.0. The highest BCUT2D eigenvalue weighted by molar-refractivity contribution is 5.22. The Morgan fingerprint density at radius 2 is 1.95 bits per heavy atom. The summed E-state index contributed by atoms with van der Waals surface area (Å²) in [6.07, 6.45) is 11.9. The Hall–Kier alpha value is -0.300. The summed E-state index contributed by atoms with van der Waals surface area (Å²) >= 11 is 0. The largest absolute Gasteiger partial charge is 0.396 e. The van der Waals surface area contributed by atoms with E-state index in [1.165, 1.54) is 44.9 Å². The summed E-state index contributed by atoms with van der Waals surface area (Å²) in [5.41, 5.74) is 2.40. The summed E-state index contributed by atoms with van der Waals surface area (Å²) in [5, 5.41) is 10.00. The molecule has 1 nitrogen and oxygen atoms in total. The van der Waals surface area contributed by atoms with Gasteiger partial charge in [-0.3, -0.25) is 0 Å². The third-order valence-corrected chi connectivity index (χ3v) is 7.50. The van der Waals surface area contributed by atoms with Gasteiger partial charge in [0.2, 0.25) is 0 Å². The van der Waals surface area contributed by atoms with Crippen LogP contribution in [-0.4, -0.2) is 11.7 Å². The standard InChI is InChI=1S/C20H34O/c1-14(2)15-6-8-17-16(12-15)7-9-18-19(3,13-21)10-5-11-20(17,18)4/h12,14-15,17-18,21H,5-11,13H2,1-4H3/t15-,17-,18-,19-,20+/m1/s1. The van der Waals surface area contributed by atoms with Gasteiger partial charge < -0.3 is 5.11 Å². The zero-order valence-corrected chi connectivity index (χ0v) is 14.5. The van der Waals surface area contributed by atoms with Crippen molar-refractivity contribution in [1.29, 1.82) is 0 Å². The Morgan fingerprint density at radius 1 is 1.19 bits per heavy atom. The molecular formula is C20H34O. The van der Waals surface area contributed by atoms with Crippen LogP contribution in [0.5, 0.6) is 0 Å². The van der Waals surface area contributed by atoms with Crippen LogP contribution in [-0.2, 0) is 0 Å². The van der Waals surface area contributed by atoms with Crippen LogP contribution >= 0.6 is 0 Å². The number of rotatable bonds is 2. The molecule has 21 heavy (non-hydrogen) atoms. The number of hydrogen-bond acceptors (Lipinski definition) is 1. The molecule has 1 N–H and O–H groups in total. The normalized spacial score (nSPS) is 46.8. The molecule has 2 fully saturated rings. The molecule has 3 aliphatic rings. The zero-order valence-electron chi connectivity index (χ0n) is 14.5. The summed E-state index contributed by atoms with van der Waals surface area (Å²) in [5.74, 6) is 3.13. The Kier molecular flexibility index (Phi) is 4.01. The maximum absolute atomic E-state index is 10.00. The molecule has 2 saturated carbocycles. The molecule has 0 heterocycles. The van der Waals surface area contributed by atoms with Crippen LogP contribution < -0.4 is 0 Å². The van der Waals surface area contributed by atoms with Gasteiger partial charge >= 0.3 is 0 Å². The Morgan fingerprint density at radius 3 is 2.62 bits per heavy atom. The van der Waals surface area contributed by atoms with Crippen molar-refractivity contribution >= 4 is 0 Å². The molecule has 3 rings (SSSR count). The van der Waals surface area contributed by atoms with Crippen LogP contribution in [0.3, 0.4) is 0 Å². The van der Waals surface area contributed by atoms with Crippen molar-refractivity contribution in [3.05, 3.63) is 11.6 Å². The van der Waals surface area contributed by atoms with Crippen molar-refractivity contribution < 1.29 is 5.11 Å². The molecule has 0 saturated heterocycles. The lowest BCUT2D eigenvalue weighted by Crippen LogP contribution is -2.52. The number of allylic oxidation sites excluding steroid dienone is 2. The Labute approximate surface area is 131 Å². The molecule has 0 aromatic heterocycles. The van der Waals surface area contributed by atoms with Crippen LogP contribution in [0.25, 0.3) is 0 Å². The third-order valence-electron chi connectivity index (χ3n) is 7.50. The van der Waals surface area contributed by atoms with Gasteiger partial charge in [0, 0.05) is 6.61 Å². The van der Waals surface area contributed by atoms with E-state index in [9.17, 15) is 5.11 Å².